The molecule has 0 unspecified atom stereocenters. The molecule has 0 aromatic carbocycles. The SMILES string of the molecule is CSc1nc(CN2C[C@H]3C[C@@H](Nc4cnccn4)[C@H](O)C[C@H]3C2)ccc1C#N. The molecule has 2 aromatic rings. The minimum atomic E-state index is -0.376. The number of thioether (sulfide) groups is 1. The van der Waals surface area contributed by atoms with Gasteiger partial charge in [-0.15, -0.1) is 11.8 Å². The predicted octanol–water partition coefficient (Wildman–Crippen LogP) is 2.15. The van der Waals surface area contributed by atoms with Crippen LogP contribution in [0.4, 0.5) is 5.82 Å². The third-order valence-corrected chi connectivity index (χ3v) is 6.43. The lowest BCUT2D eigenvalue weighted by molar-refractivity contribution is 0.0735. The van der Waals surface area contributed by atoms with Gasteiger partial charge in [0.25, 0.3) is 0 Å². The monoisotopic (exact) mass is 396 g/mol. The smallest absolute Gasteiger partial charge is 0.144 e. The Balaban J connectivity index is 1.39. The average Bonchev–Trinajstić information content (AvgIpc) is 3.09. The maximum Gasteiger partial charge on any atom is 0.144 e. The van der Waals surface area contributed by atoms with Gasteiger partial charge in [0.1, 0.15) is 16.9 Å². The lowest BCUT2D eigenvalue weighted by Gasteiger charge is -2.35. The lowest BCUT2D eigenvalue weighted by atomic mass is 9.77. The van der Waals surface area contributed by atoms with Gasteiger partial charge in [-0.3, -0.25) is 9.88 Å². The molecule has 1 saturated heterocycles. The van der Waals surface area contributed by atoms with Crippen molar-refractivity contribution in [2.45, 2.75) is 36.6 Å². The maximum absolute atomic E-state index is 10.6. The molecule has 0 bridgehead atoms. The summed E-state index contributed by atoms with van der Waals surface area (Å²) in [6, 6.07) is 6.02. The van der Waals surface area contributed by atoms with E-state index in [0.29, 0.717) is 23.2 Å². The first-order valence-corrected chi connectivity index (χ1v) is 10.8. The number of aliphatic hydroxyl groups is 1. The topological polar surface area (TPSA) is 98.0 Å². The van der Waals surface area contributed by atoms with Gasteiger partial charge in [0.2, 0.25) is 0 Å². The molecule has 28 heavy (non-hydrogen) atoms. The fraction of sp³-hybridized carbons (Fsp3) is 0.500. The van der Waals surface area contributed by atoms with Crippen molar-refractivity contribution >= 4 is 17.6 Å². The molecule has 4 atom stereocenters. The number of rotatable bonds is 5. The van der Waals surface area contributed by atoms with Crippen LogP contribution < -0.4 is 5.32 Å². The summed E-state index contributed by atoms with van der Waals surface area (Å²) < 4.78 is 0. The number of anilines is 1. The molecule has 7 nitrogen and oxygen atoms in total. The van der Waals surface area contributed by atoms with E-state index in [1.807, 2.05) is 18.4 Å². The fourth-order valence-electron chi connectivity index (χ4n) is 4.41. The minimum absolute atomic E-state index is 0.00836. The number of nitrogens with one attached hydrogen (secondary N) is 1. The molecule has 2 N–H and O–H groups in total. The first kappa shape index (κ1) is 19.1. The number of fused-ring (bicyclic) bond motifs is 1. The van der Waals surface area contributed by atoms with Crippen LogP contribution in [-0.2, 0) is 6.54 Å². The second kappa shape index (κ2) is 8.43. The molecule has 1 saturated carbocycles. The first-order valence-electron chi connectivity index (χ1n) is 9.53. The number of pyridine rings is 1. The van der Waals surface area contributed by atoms with E-state index in [-0.39, 0.29) is 12.1 Å². The van der Waals surface area contributed by atoms with Gasteiger partial charge in [0.05, 0.1) is 29.6 Å². The van der Waals surface area contributed by atoms with E-state index in [1.165, 1.54) is 11.8 Å². The van der Waals surface area contributed by atoms with Crippen LogP contribution in [0.2, 0.25) is 0 Å². The van der Waals surface area contributed by atoms with Gasteiger partial charge in [-0.2, -0.15) is 5.26 Å². The summed E-state index contributed by atoms with van der Waals surface area (Å²) in [5, 5.41) is 23.9. The molecule has 1 aliphatic carbocycles. The highest BCUT2D eigenvalue weighted by molar-refractivity contribution is 7.98. The Morgan fingerprint density at radius 1 is 1.29 bits per heavy atom. The minimum Gasteiger partial charge on any atom is -0.391 e. The van der Waals surface area contributed by atoms with E-state index in [9.17, 15) is 5.11 Å². The van der Waals surface area contributed by atoms with E-state index in [0.717, 1.165) is 43.2 Å². The van der Waals surface area contributed by atoms with Gasteiger partial charge in [0, 0.05) is 32.0 Å². The Morgan fingerprint density at radius 3 is 2.82 bits per heavy atom. The van der Waals surface area contributed by atoms with Crippen molar-refractivity contribution in [3.8, 4) is 6.07 Å². The van der Waals surface area contributed by atoms with Crippen molar-refractivity contribution in [1.82, 2.24) is 19.9 Å². The standard InChI is InChI=1S/C20H24N6OS/c1-28-20-13(8-21)2-3-16(24-20)12-26-10-14-6-17(18(27)7-15(14)11-26)25-19-9-22-4-5-23-19/h2-5,9,14-15,17-18,27H,6-7,10-12H2,1H3,(H,23,25)/t14-,15+,17-,18-/m1/s1. The van der Waals surface area contributed by atoms with Crippen molar-refractivity contribution in [3.63, 3.8) is 0 Å². The third kappa shape index (κ3) is 4.12. The second-order valence-electron chi connectivity index (χ2n) is 7.57. The molecule has 0 spiro atoms. The van der Waals surface area contributed by atoms with E-state index in [4.69, 9.17) is 5.26 Å². The van der Waals surface area contributed by atoms with Crippen LogP contribution in [-0.4, -0.2) is 56.4 Å². The zero-order chi connectivity index (χ0) is 19.5. The molecule has 2 aromatic heterocycles. The van der Waals surface area contributed by atoms with Crippen LogP contribution in [0.25, 0.3) is 0 Å². The summed E-state index contributed by atoms with van der Waals surface area (Å²) in [5.74, 6) is 1.77. The Bertz CT molecular complexity index is 858. The van der Waals surface area contributed by atoms with Crippen LogP contribution in [0.15, 0.2) is 35.7 Å². The normalized spacial score (nSPS) is 27.2. The Kier molecular flexibility index (Phi) is 5.76. The van der Waals surface area contributed by atoms with Crippen molar-refractivity contribution in [2.75, 3.05) is 24.7 Å². The summed E-state index contributed by atoms with van der Waals surface area (Å²) in [6.45, 7) is 2.77. The Hall–Kier alpha value is -2.21. The first-order chi connectivity index (χ1) is 13.7. The van der Waals surface area contributed by atoms with E-state index >= 15 is 0 Å². The van der Waals surface area contributed by atoms with Crippen LogP contribution >= 0.6 is 11.8 Å². The van der Waals surface area contributed by atoms with Crippen LogP contribution in [0.5, 0.6) is 0 Å². The van der Waals surface area contributed by atoms with E-state index in [2.05, 4.69) is 31.2 Å². The number of aliphatic hydroxyl groups excluding tert-OH is 1. The molecule has 3 heterocycles. The summed E-state index contributed by atoms with van der Waals surface area (Å²) in [6.07, 6.45) is 8.30. The molecule has 2 fully saturated rings. The number of nitrogens with zero attached hydrogens (tertiary/aromatic N) is 5. The van der Waals surface area contributed by atoms with Gasteiger partial charge in [-0.1, -0.05) is 0 Å². The highest BCUT2D eigenvalue weighted by Crippen LogP contribution is 2.38. The molecule has 4 rings (SSSR count). The second-order valence-corrected chi connectivity index (χ2v) is 8.36. The molecule has 1 aliphatic heterocycles. The Morgan fingerprint density at radius 2 is 2.11 bits per heavy atom. The molecular weight excluding hydrogens is 372 g/mol. The lowest BCUT2D eigenvalue weighted by Crippen LogP contribution is -2.43. The number of nitriles is 1. The van der Waals surface area contributed by atoms with Gasteiger partial charge in [-0.25, -0.2) is 9.97 Å². The Labute approximate surface area is 169 Å². The highest BCUT2D eigenvalue weighted by Gasteiger charge is 2.41. The average molecular weight is 397 g/mol. The highest BCUT2D eigenvalue weighted by atomic mass is 32.2. The molecule has 146 valence electrons. The fourth-order valence-corrected chi connectivity index (χ4v) is 4.95. The molecule has 8 heteroatoms. The van der Waals surface area contributed by atoms with Crippen LogP contribution in [0, 0.1) is 23.2 Å². The van der Waals surface area contributed by atoms with Crippen LogP contribution in [0.3, 0.4) is 0 Å². The third-order valence-electron chi connectivity index (χ3n) is 5.73. The number of hydrogen-bond donors (Lipinski definition) is 2. The van der Waals surface area contributed by atoms with Crippen LogP contribution in [0.1, 0.15) is 24.1 Å². The van der Waals surface area contributed by atoms with Gasteiger partial charge < -0.3 is 10.4 Å². The zero-order valence-electron chi connectivity index (χ0n) is 15.8. The molecule has 2 aliphatic rings. The molecular formula is C20H24N6OS. The van der Waals surface area contributed by atoms with Gasteiger partial charge in [-0.05, 0) is 43.1 Å². The van der Waals surface area contributed by atoms with Crippen molar-refractivity contribution in [2.24, 2.45) is 11.8 Å². The summed E-state index contributed by atoms with van der Waals surface area (Å²) in [7, 11) is 0. The largest absolute Gasteiger partial charge is 0.391 e. The van der Waals surface area contributed by atoms with Crippen molar-refractivity contribution < 1.29 is 5.11 Å². The van der Waals surface area contributed by atoms with Gasteiger partial charge in [0.15, 0.2) is 0 Å². The number of hydrogen-bond acceptors (Lipinski definition) is 8. The number of aromatic nitrogens is 3. The molecule has 0 radical (unpaired) electrons. The quantitative estimate of drug-likeness (QED) is 0.742. The summed E-state index contributed by atoms with van der Waals surface area (Å²) >= 11 is 1.51. The predicted molar refractivity (Wildman–Crippen MR) is 108 cm³/mol. The molecule has 0 amide bonds. The van der Waals surface area contributed by atoms with E-state index in [1.54, 1.807) is 18.6 Å². The van der Waals surface area contributed by atoms with Crippen molar-refractivity contribution in [1.29, 1.82) is 5.26 Å². The number of likely N-dealkylation sites (tertiary alicyclic amines) is 1. The summed E-state index contributed by atoms with van der Waals surface area (Å²) in [5.41, 5.74) is 1.63. The summed E-state index contributed by atoms with van der Waals surface area (Å²) in [4.78, 5) is 15.4. The van der Waals surface area contributed by atoms with Crippen molar-refractivity contribution in [3.05, 3.63) is 42.0 Å². The van der Waals surface area contributed by atoms with E-state index < -0.39 is 0 Å². The van der Waals surface area contributed by atoms with Gasteiger partial charge >= 0.3 is 0 Å². The maximum atomic E-state index is 10.6. The zero-order valence-corrected chi connectivity index (χ0v) is 16.6.